The van der Waals surface area contributed by atoms with E-state index in [0.717, 1.165) is 44.0 Å². The highest BCUT2D eigenvalue weighted by Crippen LogP contribution is 2.27. The molecule has 10 heteroatoms. The number of hydrogen-bond donors (Lipinski definition) is 1. The Balaban J connectivity index is 1.30. The summed E-state index contributed by atoms with van der Waals surface area (Å²) in [5.74, 6) is 1.77. The molecule has 2 aromatic heterocycles. The number of hydrogen-bond acceptors (Lipinski definition) is 7. The Labute approximate surface area is 190 Å². The van der Waals surface area contributed by atoms with Crippen molar-refractivity contribution in [1.29, 1.82) is 0 Å². The van der Waals surface area contributed by atoms with E-state index < -0.39 is 10.0 Å². The summed E-state index contributed by atoms with van der Waals surface area (Å²) in [4.78, 5) is 17.1. The number of carbonyl (C=O) groups is 1. The molecule has 0 radical (unpaired) electrons. The van der Waals surface area contributed by atoms with Crippen molar-refractivity contribution in [2.75, 3.05) is 44.2 Å². The van der Waals surface area contributed by atoms with Gasteiger partial charge in [-0.05, 0) is 54.7 Å². The number of rotatable bonds is 7. The van der Waals surface area contributed by atoms with Crippen LogP contribution in [0.1, 0.15) is 27.4 Å². The van der Waals surface area contributed by atoms with E-state index in [1.165, 1.54) is 20.5 Å². The van der Waals surface area contributed by atoms with Gasteiger partial charge >= 0.3 is 0 Å². The van der Waals surface area contributed by atoms with Gasteiger partial charge < -0.3 is 5.32 Å². The van der Waals surface area contributed by atoms with Crippen LogP contribution in [0.3, 0.4) is 0 Å². The molecule has 1 N–H and O–H groups in total. The molecule has 2 aliphatic rings. The third-order valence-corrected chi connectivity index (χ3v) is 10.4. The van der Waals surface area contributed by atoms with Crippen molar-refractivity contribution in [1.82, 2.24) is 14.5 Å². The summed E-state index contributed by atoms with van der Waals surface area (Å²) in [6.07, 6.45) is 2.10. The van der Waals surface area contributed by atoms with Crippen molar-refractivity contribution in [2.45, 2.75) is 24.3 Å². The Morgan fingerprint density at radius 3 is 2.53 bits per heavy atom. The second-order valence-electron chi connectivity index (χ2n) is 7.64. The van der Waals surface area contributed by atoms with Gasteiger partial charge in [-0.3, -0.25) is 9.69 Å². The van der Waals surface area contributed by atoms with E-state index in [9.17, 15) is 13.2 Å². The van der Waals surface area contributed by atoms with E-state index in [1.807, 2.05) is 0 Å². The first-order chi connectivity index (χ1) is 14.5. The maximum absolute atomic E-state index is 13.0. The van der Waals surface area contributed by atoms with Gasteiger partial charge in [0.1, 0.15) is 9.77 Å². The van der Waals surface area contributed by atoms with Crippen LogP contribution < -0.4 is 5.32 Å². The number of sulfonamides is 1. The molecule has 2 aromatic rings. The highest BCUT2D eigenvalue weighted by molar-refractivity contribution is 7.99. The predicted octanol–water partition coefficient (Wildman–Crippen LogP) is 3.19. The maximum atomic E-state index is 13.0. The average molecular weight is 486 g/mol. The molecule has 4 heterocycles. The molecule has 0 aliphatic carbocycles. The first kappa shape index (κ1) is 22.3. The van der Waals surface area contributed by atoms with Crippen molar-refractivity contribution in [2.24, 2.45) is 5.92 Å². The number of likely N-dealkylation sites (tertiary alicyclic amines) is 1. The fraction of sp³-hybridized carbons (Fsp3) is 0.550. The van der Waals surface area contributed by atoms with Gasteiger partial charge in [0, 0.05) is 42.6 Å². The van der Waals surface area contributed by atoms with Crippen LogP contribution in [0.25, 0.3) is 0 Å². The Morgan fingerprint density at radius 1 is 1.07 bits per heavy atom. The van der Waals surface area contributed by atoms with Crippen LogP contribution in [-0.4, -0.2) is 67.8 Å². The SMILES string of the molecule is O=C(NCC1CCN(Cc2cccs2)CC1)c1sccc1S(=O)(=O)N1CCSCC1. The quantitative estimate of drug-likeness (QED) is 0.652. The van der Waals surface area contributed by atoms with Crippen LogP contribution in [0.5, 0.6) is 0 Å². The number of amides is 1. The van der Waals surface area contributed by atoms with E-state index in [0.29, 0.717) is 30.4 Å². The average Bonchev–Trinajstić information content (AvgIpc) is 3.46. The van der Waals surface area contributed by atoms with Gasteiger partial charge in [-0.25, -0.2) is 8.42 Å². The lowest BCUT2D eigenvalue weighted by Crippen LogP contribution is -2.39. The topological polar surface area (TPSA) is 69.7 Å². The minimum atomic E-state index is -3.61. The fourth-order valence-electron chi connectivity index (χ4n) is 3.88. The van der Waals surface area contributed by atoms with Crippen molar-refractivity contribution in [3.63, 3.8) is 0 Å². The first-order valence-corrected chi connectivity index (χ1v) is 14.6. The van der Waals surface area contributed by atoms with Crippen LogP contribution in [0.2, 0.25) is 0 Å². The fourth-order valence-corrected chi connectivity index (χ4v) is 8.52. The van der Waals surface area contributed by atoms with Crippen molar-refractivity contribution in [3.8, 4) is 0 Å². The minimum Gasteiger partial charge on any atom is -0.351 e. The molecule has 0 atom stereocenters. The summed E-state index contributed by atoms with van der Waals surface area (Å²) in [6, 6.07) is 5.83. The molecule has 0 saturated carbocycles. The molecule has 6 nitrogen and oxygen atoms in total. The maximum Gasteiger partial charge on any atom is 0.262 e. The lowest BCUT2D eigenvalue weighted by molar-refractivity contribution is 0.0936. The first-order valence-electron chi connectivity index (χ1n) is 10.2. The van der Waals surface area contributed by atoms with Crippen LogP contribution in [-0.2, 0) is 16.6 Å². The zero-order valence-electron chi connectivity index (χ0n) is 16.8. The second kappa shape index (κ2) is 10.1. The summed E-state index contributed by atoms with van der Waals surface area (Å²) in [5, 5.41) is 6.81. The summed E-state index contributed by atoms with van der Waals surface area (Å²) in [7, 11) is -3.61. The lowest BCUT2D eigenvalue weighted by atomic mass is 9.96. The number of thioether (sulfide) groups is 1. The molecule has 2 fully saturated rings. The third-order valence-electron chi connectivity index (χ3n) is 5.64. The van der Waals surface area contributed by atoms with Crippen molar-refractivity contribution in [3.05, 3.63) is 38.7 Å². The summed E-state index contributed by atoms with van der Waals surface area (Å²) >= 11 is 4.76. The minimum absolute atomic E-state index is 0.155. The monoisotopic (exact) mass is 485 g/mol. The second-order valence-corrected chi connectivity index (χ2v) is 12.7. The molecule has 4 rings (SSSR count). The zero-order chi connectivity index (χ0) is 21.0. The lowest BCUT2D eigenvalue weighted by Gasteiger charge is -2.31. The Morgan fingerprint density at radius 2 is 1.83 bits per heavy atom. The number of piperidine rings is 1. The Hall–Kier alpha value is -0.910. The van der Waals surface area contributed by atoms with E-state index in [2.05, 4.69) is 27.7 Å². The van der Waals surface area contributed by atoms with Gasteiger partial charge in [0.15, 0.2) is 0 Å². The van der Waals surface area contributed by atoms with Gasteiger partial charge in [0.25, 0.3) is 5.91 Å². The Bertz CT molecular complexity index is 928. The molecule has 30 heavy (non-hydrogen) atoms. The van der Waals surface area contributed by atoms with Gasteiger partial charge in [-0.15, -0.1) is 22.7 Å². The van der Waals surface area contributed by atoms with E-state index in [-0.39, 0.29) is 10.8 Å². The molecule has 164 valence electrons. The largest absolute Gasteiger partial charge is 0.351 e. The molecule has 2 aliphatic heterocycles. The van der Waals surface area contributed by atoms with E-state index >= 15 is 0 Å². The molecule has 1 amide bonds. The highest BCUT2D eigenvalue weighted by atomic mass is 32.2. The zero-order valence-corrected chi connectivity index (χ0v) is 20.1. The molecule has 0 bridgehead atoms. The molecule has 0 spiro atoms. The van der Waals surface area contributed by atoms with Gasteiger partial charge in [-0.2, -0.15) is 16.1 Å². The van der Waals surface area contributed by atoms with E-state index in [1.54, 1.807) is 34.5 Å². The van der Waals surface area contributed by atoms with E-state index in [4.69, 9.17) is 0 Å². The van der Waals surface area contributed by atoms with Crippen LogP contribution >= 0.6 is 34.4 Å². The standard InChI is InChI=1S/C20H27N3O3S4/c24-20(19-18(5-11-29-19)30(25,26)23-8-12-27-13-9-23)21-14-16-3-6-22(7-4-16)15-17-2-1-10-28-17/h1-2,5,10-11,16H,3-4,6-9,12-15H2,(H,21,24). The third kappa shape index (κ3) is 5.28. The molecular weight excluding hydrogens is 459 g/mol. The smallest absolute Gasteiger partial charge is 0.262 e. The van der Waals surface area contributed by atoms with Crippen LogP contribution in [0.15, 0.2) is 33.9 Å². The molecule has 0 unspecified atom stereocenters. The predicted molar refractivity (Wildman–Crippen MR) is 125 cm³/mol. The summed E-state index contributed by atoms with van der Waals surface area (Å²) in [6.45, 7) is 4.68. The van der Waals surface area contributed by atoms with Gasteiger partial charge in [0.05, 0.1) is 0 Å². The number of carbonyl (C=O) groups excluding carboxylic acids is 1. The van der Waals surface area contributed by atoms with Crippen molar-refractivity contribution >= 4 is 50.4 Å². The summed E-state index contributed by atoms with van der Waals surface area (Å²) in [5.41, 5.74) is 0. The van der Waals surface area contributed by atoms with Crippen LogP contribution in [0.4, 0.5) is 0 Å². The van der Waals surface area contributed by atoms with Gasteiger partial charge in [0.2, 0.25) is 10.0 Å². The normalized spacial score (nSPS) is 19.7. The number of nitrogens with zero attached hydrogens (tertiary/aromatic N) is 2. The highest BCUT2D eigenvalue weighted by Gasteiger charge is 2.31. The molecular formula is C20H27N3O3S4. The number of thiophene rings is 2. The molecule has 0 aromatic carbocycles. The molecule has 2 saturated heterocycles. The van der Waals surface area contributed by atoms with Crippen molar-refractivity contribution < 1.29 is 13.2 Å². The Kier molecular flexibility index (Phi) is 7.53. The van der Waals surface area contributed by atoms with Crippen LogP contribution in [0, 0.1) is 5.92 Å². The number of nitrogens with one attached hydrogen (secondary N) is 1. The summed E-state index contributed by atoms with van der Waals surface area (Å²) < 4.78 is 27.5. The van der Waals surface area contributed by atoms with Gasteiger partial charge in [-0.1, -0.05) is 6.07 Å².